The Bertz CT molecular complexity index is 615. The van der Waals surface area contributed by atoms with Crippen LogP contribution in [0.3, 0.4) is 0 Å². The summed E-state index contributed by atoms with van der Waals surface area (Å²) in [6.07, 6.45) is 5.79. The molecule has 1 aliphatic rings. The van der Waals surface area contributed by atoms with Crippen molar-refractivity contribution in [1.82, 2.24) is 15.3 Å². The molecule has 1 fully saturated rings. The molecule has 6 heteroatoms. The largest absolute Gasteiger partial charge is 0.490 e. The highest BCUT2D eigenvalue weighted by molar-refractivity contribution is 9.10. The van der Waals surface area contributed by atoms with Crippen molar-refractivity contribution < 1.29 is 4.74 Å². The van der Waals surface area contributed by atoms with E-state index >= 15 is 0 Å². The van der Waals surface area contributed by atoms with Crippen LogP contribution in [0, 0.1) is 0 Å². The summed E-state index contributed by atoms with van der Waals surface area (Å²) in [6.45, 7) is 1.73. The predicted octanol–water partition coefficient (Wildman–Crippen LogP) is 3.69. The second kappa shape index (κ2) is 6.73. The minimum absolute atomic E-state index is 0.429. The van der Waals surface area contributed by atoms with E-state index in [0.717, 1.165) is 34.4 Å². The maximum atomic E-state index is 6.18. The van der Waals surface area contributed by atoms with Gasteiger partial charge in [-0.15, -0.1) is 0 Å². The third-order valence-electron chi connectivity index (χ3n) is 3.47. The zero-order chi connectivity index (χ0) is 14.7. The van der Waals surface area contributed by atoms with Gasteiger partial charge in [0.15, 0.2) is 0 Å². The number of hydrogen-bond acceptors (Lipinski definition) is 4. The molecule has 0 amide bonds. The molecule has 2 aromatic rings. The van der Waals surface area contributed by atoms with Gasteiger partial charge in [0.25, 0.3) is 0 Å². The molecular formula is C15H15BrClN3O. The first-order valence-corrected chi connectivity index (χ1v) is 8.03. The van der Waals surface area contributed by atoms with Gasteiger partial charge < -0.3 is 10.1 Å². The van der Waals surface area contributed by atoms with E-state index < -0.39 is 0 Å². The normalized spacial score (nSPS) is 17.9. The average Bonchev–Trinajstić information content (AvgIpc) is 3.01. The van der Waals surface area contributed by atoms with Gasteiger partial charge in [-0.3, -0.25) is 0 Å². The number of rotatable bonds is 4. The average molecular weight is 369 g/mol. The third kappa shape index (κ3) is 3.73. The first-order chi connectivity index (χ1) is 10.2. The smallest absolute Gasteiger partial charge is 0.138 e. The maximum absolute atomic E-state index is 6.18. The Morgan fingerprint density at radius 2 is 2.24 bits per heavy atom. The molecule has 110 valence electrons. The molecule has 0 saturated carbocycles. The van der Waals surface area contributed by atoms with Crippen LogP contribution in [-0.2, 0) is 0 Å². The summed E-state index contributed by atoms with van der Waals surface area (Å²) in [6, 6.07) is 6.16. The molecule has 0 aliphatic carbocycles. The molecule has 0 bridgehead atoms. The van der Waals surface area contributed by atoms with Crippen LogP contribution >= 0.6 is 27.5 Å². The van der Waals surface area contributed by atoms with Gasteiger partial charge in [-0.05, 0) is 47.4 Å². The van der Waals surface area contributed by atoms with E-state index in [0.29, 0.717) is 17.8 Å². The lowest BCUT2D eigenvalue weighted by Crippen LogP contribution is -2.28. The lowest BCUT2D eigenvalue weighted by atomic mass is 10.1. The Morgan fingerprint density at radius 1 is 1.33 bits per heavy atom. The standard InChI is InChI=1S/C15H15BrClN3O/c16-14-4-3-10(7-19-14)13-6-12(8-20-15(13)17)21-9-11-2-1-5-18-11/h3-4,6-8,11,18H,1-2,5,9H2/t11-/m0/s1. The number of halogens is 2. The van der Waals surface area contributed by atoms with Crippen molar-refractivity contribution in [3.8, 4) is 16.9 Å². The molecular weight excluding hydrogens is 354 g/mol. The van der Waals surface area contributed by atoms with Crippen LogP contribution < -0.4 is 10.1 Å². The Labute approximate surface area is 137 Å². The summed E-state index contributed by atoms with van der Waals surface area (Å²) in [5.41, 5.74) is 1.74. The highest BCUT2D eigenvalue weighted by Gasteiger charge is 2.15. The minimum Gasteiger partial charge on any atom is -0.490 e. The topological polar surface area (TPSA) is 47.0 Å². The summed E-state index contributed by atoms with van der Waals surface area (Å²) in [5, 5.41) is 3.85. The Hall–Kier alpha value is -1.17. The molecule has 0 aromatic carbocycles. The van der Waals surface area contributed by atoms with E-state index in [4.69, 9.17) is 16.3 Å². The van der Waals surface area contributed by atoms with Gasteiger partial charge in [-0.25, -0.2) is 9.97 Å². The Kier molecular flexibility index (Phi) is 4.73. The zero-order valence-corrected chi connectivity index (χ0v) is 13.7. The highest BCUT2D eigenvalue weighted by Crippen LogP contribution is 2.29. The van der Waals surface area contributed by atoms with Crippen molar-refractivity contribution in [2.24, 2.45) is 0 Å². The fourth-order valence-electron chi connectivity index (χ4n) is 2.34. The van der Waals surface area contributed by atoms with Crippen LogP contribution in [0.4, 0.5) is 0 Å². The van der Waals surface area contributed by atoms with E-state index in [1.54, 1.807) is 12.4 Å². The molecule has 0 spiro atoms. The van der Waals surface area contributed by atoms with E-state index in [1.165, 1.54) is 6.42 Å². The van der Waals surface area contributed by atoms with Gasteiger partial charge in [-0.2, -0.15) is 0 Å². The van der Waals surface area contributed by atoms with Crippen LogP contribution in [0.15, 0.2) is 35.2 Å². The van der Waals surface area contributed by atoms with Crippen LogP contribution in [0.1, 0.15) is 12.8 Å². The van der Waals surface area contributed by atoms with Crippen molar-refractivity contribution in [1.29, 1.82) is 0 Å². The van der Waals surface area contributed by atoms with E-state index in [-0.39, 0.29) is 0 Å². The molecule has 1 N–H and O–H groups in total. The molecule has 21 heavy (non-hydrogen) atoms. The maximum Gasteiger partial charge on any atom is 0.138 e. The monoisotopic (exact) mass is 367 g/mol. The molecule has 4 nitrogen and oxygen atoms in total. The van der Waals surface area contributed by atoms with Crippen molar-refractivity contribution in [3.63, 3.8) is 0 Å². The highest BCUT2D eigenvalue weighted by atomic mass is 79.9. The SMILES string of the molecule is Clc1ncc(OC[C@@H]2CCCN2)cc1-c1ccc(Br)nc1. The molecule has 0 unspecified atom stereocenters. The number of hydrogen-bond donors (Lipinski definition) is 1. The second-order valence-electron chi connectivity index (χ2n) is 4.98. The summed E-state index contributed by atoms with van der Waals surface area (Å²) < 4.78 is 6.60. The van der Waals surface area contributed by atoms with Gasteiger partial charge in [0.05, 0.1) is 6.20 Å². The van der Waals surface area contributed by atoms with Crippen LogP contribution in [0.2, 0.25) is 5.15 Å². The van der Waals surface area contributed by atoms with Gasteiger partial charge in [0, 0.05) is 23.4 Å². The quantitative estimate of drug-likeness (QED) is 0.836. The summed E-state index contributed by atoms with van der Waals surface area (Å²) in [7, 11) is 0. The van der Waals surface area contributed by atoms with Gasteiger partial charge in [-0.1, -0.05) is 17.7 Å². The van der Waals surface area contributed by atoms with Gasteiger partial charge >= 0.3 is 0 Å². The predicted molar refractivity (Wildman–Crippen MR) is 86.7 cm³/mol. The first-order valence-electron chi connectivity index (χ1n) is 6.86. The number of pyridine rings is 2. The number of nitrogens with one attached hydrogen (secondary N) is 1. The first kappa shape index (κ1) is 14.8. The number of nitrogens with zero attached hydrogens (tertiary/aromatic N) is 2. The lowest BCUT2D eigenvalue weighted by molar-refractivity contribution is 0.276. The number of ether oxygens (including phenoxy) is 1. The summed E-state index contributed by atoms with van der Waals surface area (Å²) in [4.78, 5) is 8.42. The van der Waals surface area contributed by atoms with Gasteiger partial charge in [0.1, 0.15) is 22.1 Å². The fourth-order valence-corrected chi connectivity index (χ4v) is 2.79. The summed E-state index contributed by atoms with van der Waals surface area (Å²) >= 11 is 9.50. The van der Waals surface area contributed by atoms with Crippen molar-refractivity contribution >= 4 is 27.5 Å². The van der Waals surface area contributed by atoms with Crippen molar-refractivity contribution in [2.75, 3.05) is 13.2 Å². The van der Waals surface area contributed by atoms with E-state index in [1.807, 2.05) is 18.2 Å². The molecule has 3 rings (SSSR count). The zero-order valence-electron chi connectivity index (χ0n) is 11.4. The third-order valence-corrected chi connectivity index (χ3v) is 4.24. The molecule has 1 aliphatic heterocycles. The minimum atomic E-state index is 0.429. The molecule has 1 atom stereocenters. The van der Waals surface area contributed by atoms with Crippen molar-refractivity contribution in [2.45, 2.75) is 18.9 Å². The molecule has 2 aromatic heterocycles. The molecule has 0 radical (unpaired) electrons. The van der Waals surface area contributed by atoms with Gasteiger partial charge in [0.2, 0.25) is 0 Å². The molecule has 1 saturated heterocycles. The molecule has 3 heterocycles. The Morgan fingerprint density at radius 3 is 2.95 bits per heavy atom. The Balaban J connectivity index is 1.77. The summed E-state index contributed by atoms with van der Waals surface area (Å²) in [5.74, 6) is 0.728. The second-order valence-corrected chi connectivity index (χ2v) is 6.15. The van der Waals surface area contributed by atoms with Crippen LogP contribution in [0.25, 0.3) is 11.1 Å². The van der Waals surface area contributed by atoms with E-state index in [2.05, 4.69) is 31.2 Å². The van der Waals surface area contributed by atoms with Crippen molar-refractivity contribution in [3.05, 3.63) is 40.3 Å². The lowest BCUT2D eigenvalue weighted by Gasteiger charge is -2.13. The number of aromatic nitrogens is 2. The fraction of sp³-hybridized carbons (Fsp3) is 0.333. The van der Waals surface area contributed by atoms with E-state index in [9.17, 15) is 0 Å². The van der Waals surface area contributed by atoms with Crippen LogP contribution in [0.5, 0.6) is 5.75 Å². The van der Waals surface area contributed by atoms with Crippen LogP contribution in [-0.4, -0.2) is 29.2 Å².